The number of anilines is 1. The SMILES string of the molecule is CCn1c(SCC(=O)Nc2cc(C)c(Cl)cc2OC)nnc1-c1cccc(C)c1. The van der Waals surface area contributed by atoms with Gasteiger partial charge in [-0.05, 0) is 38.5 Å². The molecular weight excluding hydrogens is 408 g/mol. The van der Waals surface area contributed by atoms with Crippen LogP contribution in [0.2, 0.25) is 5.02 Å². The summed E-state index contributed by atoms with van der Waals surface area (Å²) in [5, 5.41) is 12.8. The second kappa shape index (κ2) is 9.33. The Balaban J connectivity index is 1.72. The molecule has 0 saturated heterocycles. The lowest BCUT2D eigenvalue weighted by Crippen LogP contribution is -2.15. The molecular formula is C21H23ClN4O2S. The molecule has 0 radical (unpaired) electrons. The molecule has 0 saturated carbocycles. The molecule has 29 heavy (non-hydrogen) atoms. The molecule has 1 amide bonds. The van der Waals surface area contributed by atoms with E-state index in [2.05, 4.69) is 21.6 Å². The molecule has 6 nitrogen and oxygen atoms in total. The third-order valence-electron chi connectivity index (χ3n) is 4.40. The molecule has 3 aromatic rings. The highest BCUT2D eigenvalue weighted by molar-refractivity contribution is 7.99. The number of benzene rings is 2. The van der Waals surface area contributed by atoms with E-state index in [-0.39, 0.29) is 11.7 Å². The highest BCUT2D eigenvalue weighted by Gasteiger charge is 2.16. The third-order valence-corrected chi connectivity index (χ3v) is 5.77. The lowest BCUT2D eigenvalue weighted by molar-refractivity contribution is -0.113. The van der Waals surface area contributed by atoms with Crippen molar-refractivity contribution in [1.29, 1.82) is 0 Å². The number of thioether (sulfide) groups is 1. The second-order valence-electron chi connectivity index (χ2n) is 6.56. The van der Waals surface area contributed by atoms with Gasteiger partial charge in [0.1, 0.15) is 5.75 Å². The number of nitrogens with one attached hydrogen (secondary N) is 1. The Kier molecular flexibility index (Phi) is 6.82. The fourth-order valence-corrected chi connectivity index (χ4v) is 3.88. The molecule has 3 rings (SSSR count). The summed E-state index contributed by atoms with van der Waals surface area (Å²) in [6, 6.07) is 11.6. The largest absolute Gasteiger partial charge is 0.495 e. The predicted octanol–water partition coefficient (Wildman–Crippen LogP) is 4.97. The highest BCUT2D eigenvalue weighted by Crippen LogP contribution is 2.31. The van der Waals surface area contributed by atoms with Crippen LogP contribution in [0.5, 0.6) is 5.75 Å². The van der Waals surface area contributed by atoms with Gasteiger partial charge in [0.25, 0.3) is 0 Å². The Bertz CT molecular complexity index is 1040. The van der Waals surface area contributed by atoms with Gasteiger partial charge in [0.05, 0.1) is 18.6 Å². The number of carbonyl (C=O) groups is 1. The van der Waals surface area contributed by atoms with Crippen molar-refractivity contribution in [2.24, 2.45) is 0 Å². The van der Waals surface area contributed by atoms with E-state index in [0.717, 1.165) is 22.5 Å². The average molecular weight is 431 g/mol. The molecule has 0 aliphatic rings. The maximum Gasteiger partial charge on any atom is 0.234 e. The maximum absolute atomic E-state index is 12.5. The van der Waals surface area contributed by atoms with Gasteiger partial charge in [0.2, 0.25) is 5.91 Å². The number of methoxy groups -OCH3 is 1. The number of nitrogens with zero attached hydrogens (tertiary/aromatic N) is 3. The highest BCUT2D eigenvalue weighted by atomic mass is 35.5. The van der Waals surface area contributed by atoms with Crippen LogP contribution in [0, 0.1) is 13.8 Å². The minimum Gasteiger partial charge on any atom is -0.495 e. The number of ether oxygens (including phenoxy) is 1. The molecule has 0 atom stereocenters. The zero-order valence-corrected chi connectivity index (χ0v) is 18.4. The van der Waals surface area contributed by atoms with Gasteiger partial charge >= 0.3 is 0 Å². The van der Waals surface area contributed by atoms with E-state index in [1.807, 2.05) is 43.5 Å². The van der Waals surface area contributed by atoms with Crippen molar-refractivity contribution in [2.75, 3.05) is 18.2 Å². The fraction of sp³-hybridized carbons (Fsp3) is 0.286. The molecule has 8 heteroatoms. The van der Waals surface area contributed by atoms with Crippen molar-refractivity contribution >= 4 is 35.0 Å². The summed E-state index contributed by atoms with van der Waals surface area (Å²) in [4.78, 5) is 12.5. The van der Waals surface area contributed by atoms with Gasteiger partial charge < -0.3 is 14.6 Å². The van der Waals surface area contributed by atoms with E-state index in [4.69, 9.17) is 16.3 Å². The first kappa shape index (κ1) is 21.2. The number of carbonyl (C=O) groups excluding carboxylic acids is 1. The van der Waals surface area contributed by atoms with Crippen molar-refractivity contribution < 1.29 is 9.53 Å². The summed E-state index contributed by atoms with van der Waals surface area (Å²) in [6.45, 7) is 6.67. The molecule has 0 bridgehead atoms. The van der Waals surface area contributed by atoms with Gasteiger partial charge in [-0.2, -0.15) is 0 Å². The van der Waals surface area contributed by atoms with E-state index in [1.54, 1.807) is 19.2 Å². The standard InChI is InChI=1S/C21H23ClN4O2S/c1-5-26-20(15-8-6-7-13(2)9-15)24-25-21(26)29-12-19(27)23-17-10-14(3)16(22)11-18(17)28-4/h6-11H,5,12H2,1-4H3,(H,23,27). The normalized spacial score (nSPS) is 10.8. The smallest absolute Gasteiger partial charge is 0.234 e. The number of halogens is 1. The zero-order chi connectivity index (χ0) is 21.0. The van der Waals surface area contributed by atoms with Crippen LogP contribution in [-0.4, -0.2) is 33.5 Å². The van der Waals surface area contributed by atoms with E-state index < -0.39 is 0 Å². The van der Waals surface area contributed by atoms with Gasteiger partial charge in [-0.1, -0.05) is 47.1 Å². The van der Waals surface area contributed by atoms with Gasteiger partial charge in [-0.3, -0.25) is 4.79 Å². The summed E-state index contributed by atoms with van der Waals surface area (Å²) in [6.07, 6.45) is 0. The molecule has 0 spiro atoms. The first-order chi connectivity index (χ1) is 13.9. The fourth-order valence-electron chi connectivity index (χ4n) is 2.92. The number of amides is 1. The molecule has 0 fully saturated rings. The lowest BCUT2D eigenvalue weighted by Gasteiger charge is -2.12. The summed E-state index contributed by atoms with van der Waals surface area (Å²) in [5.41, 5.74) is 3.63. The van der Waals surface area contributed by atoms with Crippen molar-refractivity contribution in [3.63, 3.8) is 0 Å². The van der Waals surface area contributed by atoms with Crippen LogP contribution in [-0.2, 0) is 11.3 Å². The lowest BCUT2D eigenvalue weighted by atomic mass is 10.1. The Morgan fingerprint density at radius 2 is 2.03 bits per heavy atom. The van der Waals surface area contributed by atoms with Crippen molar-refractivity contribution in [2.45, 2.75) is 32.5 Å². The Morgan fingerprint density at radius 1 is 1.24 bits per heavy atom. The van der Waals surface area contributed by atoms with Crippen LogP contribution in [0.3, 0.4) is 0 Å². The molecule has 1 N–H and O–H groups in total. The summed E-state index contributed by atoms with van der Waals surface area (Å²) < 4.78 is 7.32. The molecule has 1 aromatic heterocycles. The predicted molar refractivity (Wildman–Crippen MR) is 118 cm³/mol. The van der Waals surface area contributed by atoms with E-state index >= 15 is 0 Å². The van der Waals surface area contributed by atoms with Crippen molar-refractivity contribution in [3.05, 3.63) is 52.5 Å². The van der Waals surface area contributed by atoms with E-state index in [9.17, 15) is 4.79 Å². The van der Waals surface area contributed by atoms with E-state index in [0.29, 0.717) is 28.2 Å². The van der Waals surface area contributed by atoms with Crippen molar-refractivity contribution in [1.82, 2.24) is 14.8 Å². The molecule has 152 valence electrons. The number of aryl methyl sites for hydroxylation is 2. The molecule has 2 aromatic carbocycles. The van der Waals surface area contributed by atoms with Crippen LogP contribution < -0.4 is 10.1 Å². The summed E-state index contributed by atoms with van der Waals surface area (Å²) in [5.74, 6) is 1.38. The van der Waals surface area contributed by atoms with Crippen LogP contribution >= 0.6 is 23.4 Å². The maximum atomic E-state index is 12.5. The quantitative estimate of drug-likeness (QED) is 0.535. The monoisotopic (exact) mass is 430 g/mol. The summed E-state index contributed by atoms with van der Waals surface area (Å²) in [7, 11) is 1.54. The first-order valence-electron chi connectivity index (χ1n) is 9.20. The van der Waals surface area contributed by atoms with Crippen molar-refractivity contribution in [3.8, 4) is 17.1 Å². The first-order valence-corrected chi connectivity index (χ1v) is 10.6. The topological polar surface area (TPSA) is 69.0 Å². The molecule has 0 unspecified atom stereocenters. The number of rotatable bonds is 7. The van der Waals surface area contributed by atoms with Crippen LogP contribution in [0.4, 0.5) is 5.69 Å². The van der Waals surface area contributed by atoms with Gasteiger partial charge in [-0.15, -0.1) is 10.2 Å². The minimum atomic E-state index is -0.155. The van der Waals surface area contributed by atoms with E-state index in [1.165, 1.54) is 11.8 Å². The second-order valence-corrected chi connectivity index (χ2v) is 7.91. The van der Waals surface area contributed by atoms with Gasteiger partial charge in [0, 0.05) is 23.2 Å². The Hall–Kier alpha value is -2.51. The Labute approximate surface area is 179 Å². The van der Waals surface area contributed by atoms with Gasteiger partial charge in [0.15, 0.2) is 11.0 Å². The Morgan fingerprint density at radius 3 is 2.72 bits per heavy atom. The molecule has 1 heterocycles. The van der Waals surface area contributed by atoms with Gasteiger partial charge in [-0.25, -0.2) is 0 Å². The number of hydrogen-bond donors (Lipinski definition) is 1. The number of aromatic nitrogens is 3. The molecule has 0 aliphatic heterocycles. The third kappa shape index (κ3) is 4.92. The van der Waals surface area contributed by atoms with Crippen LogP contribution in [0.15, 0.2) is 41.6 Å². The van der Waals surface area contributed by atoms with Crippen LogP contribution in [0.25, 0.3) is 11.4 Å². The minimum absolute atomic E-state index is 0.155. The average Bonchev–Trinajstić information content (AvgIpc) is 3.12. The zero-order valence-electron chi connectivity index (χ0n) is 16.8. The number of hydrogen-bond acceptors (Lipinski definition) is 5. The van der Waals surface area contributed by atoms with Crippen LogP contribution in [0.1, 0.15) is 18.1 Å². The molecule has 0 aliphatic carbocycles. The summed E-state index contributed by atoms with van der Waals surface area (Å²) >= 11 is 7.47.